The fraction of sp³-hybridized carbons (Fsp3) is 0.176. The largest absolute Gasteiger partial charge is 0.491 e. The molecule has 5 nitrogen and oxygen atoms in total. The second-order valence-electron chi connectivity index (χ2n) is 5.06. The van der Waals surface area contributed by atoms with Crippen LogP contribution in [0.15, 0.2) is 61.2 Å². The number of aliphatic hydroxyl groups excluding tert-OH is 1. The van der Waals surface area contributed by atoms with Crippen molar-refractivity contribution in [2.24, 2.45) is 0 Å². The van der Waals surface area contributed by atoms with Crippen LogP contribution in [0.4, 0.5) is 4.39 Å². The van der Waals surface area contributed by atoms with Gasteiger partial charge in [0.1, 0.15) is 30.1 Å². The van der Waals surface area contributed by atoms with E-state index < -0.39 is 6.10 Å². The standard InChI is InChI=1S/C17H16FN3O2/c18-14-3-5-16(6-4-14)23-12-15(22)11-21-9-8-20-17(21)13-2-1-7-19-10-13/h1-10,15,22H,11-12H2/t15-/m1/s1. The number of rotatable bonds is 6. The summed E-state index contributed by atoms with van der Waals surface area (Å²) in [7, 11) is 0. The predicted octanol–water partition coefficient (Wildman–Crippen LogP) is 2.52. The average molecular weight is 313 g/mol. The van der Waals surface area contributed by atoms with Crippen LogP contribution in [0.25, 0.3) is 11.4 Å². The summed E-state index contributed by atoms with van der Waals surface area (Å²) >= 11 is 0. The Balaban J connectivity index is 1.61. The molecule has 0 spiro atoms. The van der Waals surface area contributed by atoms with Crippen molar-refractivity contribution in [1.82, 2.24) is 14.5 Å². The van der Waals surface area contributed by atoms with Crippen LogP contribution in [-0.2, 0) is 6.54 Å². The third kappa shape index (κ3) is 3.92. The molecule has 118 valence electrons. The van der Waals surface area contributed by atoms with Gasteiger partial charge in [0.25, 0.3) is 0 Å². The van der Waals surface area contributed by atoms with Gasteiger partial charge in [0.15, 0.2) is 0 Å². The highest BCUT2D eigenvalue weighted by Crippen LogP contribution is 2.16. The Hall–Kier alpha value is -2.73. The molecule has 0 bridgehead atoms. The average Bonchev–Trinajstić information content (AvgIpc) is 3.03. The number of benzene rings is 1. The molecule has 1 atom stereocenters. The summed E-state index contributed by atoms with van der Waals surface area (Å²) in [4.78, 5) is 8.37. The smallest absolute Gasteiger partial charge is 0.141 e. The van der Waals surface area contributed by atoms with Gasteiger partial charge in [0, 0.05) is 30.4 Å². The molecule has 23 heavy (non-hydrogen) atoms. The Morgan fingerprint density at radius 3 is 2.74 bits per heavy atom. The molecule has 0 radical (unpaired) electrons. The van der Waals surface area contributed by atoms with Gasteiger partial charge in [-0.25, -0.2) is 9.37 Å². The van der Waals surface area contributed by atoms with Gasteiger partial charge in [-0.1, -0.05) is 0 Å². The first-order chi connectivity index (χ1) is 11.2. The topological polar surface area (TPSA) is 60.2 Å². The SMILES string of the molecule is O[C@@H](COc1ccc(F)cc1)Cn1ccnc1-c1cccnc1. The van der Waals surface area contributed by atoms with Gasteiger partial charge in [-0.15, -0.1) is 0 Å². The fourth-order valence-electron chi connectivity index (χ4n) is 2.21. The van der Waals surface area contributed by atoms with Crippen molar-refractivity contribution in [2.45, 2.75) is 12.6 Å². The van der Waals surface area contributed by atoms with Crippen LogP contribution in [0.2, 0.25) is 0 Å². The van der Waals surface area contributed by atoms with E-state index in [2.05, 4.69) is 9.97 Å². The maximum absolute atomic E-state index is 12.8. The highest BCUT2D eigenvalue weighted by Gasteiger charge is 2.11. The lowest BCUT2D eigenvalue weighted by Gasteiger charge is -2.14. The van der Waals surface area contributed by atoms with E-state index in [0.29, 0.717) is 12.3 Å². The molecule has 3 aromatic rings. The van der Waals surface area contributed by atoms with E-state index in [9.17, 15) is 9.50 Å². The Bertz CT molecular complexity index is 744. The van der Waals surface area contributed by atoms with E-state index in [0.717, 1.165) is 11.4 Å². The molecule has 1 N–H and O–H groups in total. The summed E-state index contributed by atoms with van der Waals surface area (Å²) in [5.41, 5.74) is 0.879. The molecule has 0 fully saturated rings. The summed E-state index contributed by atoms with van der Waals surface area (Å²) < 4.78 is 20.1. The molecular formula is C17H16FN3O2. The minimum atomic E-state index is -0.718. The van der Waals surface area contributed by atoms with Crippen molar-refractivity contribution >= 4 is 0 Å². The van der Waals surface area contributed by atoms with Crippen molar-refractivity contribution in [3.05, 3.63) is 67.0 Å². The number of ether oxygens (including phenoxy) is 1. The van der Waals surface area contributed by atoms with Crippen LogP contribution >= 0.6 is 0 Å². The van der Waals surface area contributed by atoms with Crippen LogP contribution in [0, 0.1) is 5.82 Å². The Labute approximate surface area is 133 Å². The number of aliphatic hydroxyl groups is 1. The second kappa shape index (κ2) is 7.02. The molecular weight excluding hydrogens is 297 g/mol. The monoisotopic (exact) mass is 313 g/mol. The molecule has 0 amide bonds. The number of imidazole rings is 1. The van der Waals surface area contributed by atoms with Gasteiger partial charge in [-0.05, 0) is 36.4 Å². The number of aromatic nitrogens is 3. The van der Waals surface area contributed by atoms with E-state index in [1.54, 1.807) is 24.8 Å². The first kappa shape index (κ1) is 15.2. The van der Waals surface area contributed by atoms with E-state index >= 15 is 0 Å². The number of hydrogen-bond acceptors (Lipinski definition) is 4. The quantitative estimate of drug-likeness (QED) is 0.759. The maximum atomic E-state index is 12.8. The molecule has 0 unspecified atom stereocenters. The third-order valence-corrected chi connectivity index (χ3v) is 3.30. The van der Waals surface area contributed by atoms with Crippen molar-refractivity contribution in [1.29, 1.82) is 0 Å². The Morgan fingerprint density at radius 1 is 1.17 bits per heavy atom. The van der Waals surface area contributed by atoms with Gasteiger partial charge < -0.3 is 14.4 Å². The number of nitrogens with zero attached hydrogens (tertiary/aromatic N) is 3. The van der Waals surface area contributed by atoms with E-state index in [-0.39, 0.29) is 12.4 Å². The predicted molar refractivity (Wildman–Crippen MR) is 83.4 cm³/mol. The fourth-order valence-corrected chi connectivity index (χ4v) is 2.21. The van der Waals surface area contributed by atoms with E-state index in [1.165, 1.54) is 24.3 Å². The second-order valence-corrected chi connectivity index (χ2v) is 5.06. The number of hydrogen-bond donors (Lipinski definition) is 1. The molecule has 6 heteroatoms. The molecule has 1 aromatic carbocycles. The summed E-state index contributed by atoms with van der Waals surface area (Å²) in [5, 5.41) is 10.1. The van der Waals surface area contributed by atoms with Crippen molar-refractivity contribution in [3.8, 4) is 17.1 Å². The highest BCUT2D eigenvalue weighted by molar-refractivity contribution is 5.53. The van der Waals surface area contributed by atoms with E-state index in [4.69, 9.17) is 4.74 Å². The zero-order valence-electron chi connectivity index (χ0n) is 12.3. The molecule has 0 saturated heterocycles. The molecule has 0 saturated carbocycles. The van der Waals surface area contributed by atoms with Crippen LogP contribution in [0.5, 0.6) is 5.75 Å². The van der Waals surface area contributed by atoms with Crippen LogP contribution in [0.3, 0.4) is 0 Å². The van der Waals surface area contributed by atoms with Crippen LogP contribution < -0.4 is 4.74 Å². The third-order valence-electron chi connectivity index (χ3n) is 3.30. The molecule has 0 aliphatic carbocycles. The summed E-state index contributed by atoms with van der Waals surface area (Å²) in [6, 6.07) is 9.44. The van der Waals surface area contributed by atoms with Gasteiger partial charge in [-0.3, -0.25) is 4.98 Å². The Kier molecular flexibility index (Phi) is 4.63. The number of pyridine rings is 1. The minimum Gasteiger partial charge on any atom is -0.491 e. The van der Waals surface area contributed by atoms with Gasteiger partial charge in [0.2, 0.25) is 0 Å². The molecule has 2 aromatic heterocycles. The van der Waals surface area contributed by atoms with Gasteiger partial charge >= 0.3 is 0 Å². The lowest BCUT2D eigenvalue weighted by atomic mass is 10.2. The molecule has 0 aliphatic rings. The van der Waals surface area contributed by atoms with Gasteiger partial charge in [0.05, 0.1) is 6.54 Å². The molecule has 2 heterocycles. The first-order valence-corrected chi connectivity index (χ1v) is 7.20. The van der Waals surface area contributed by atoms with Crippen LogP contribution in [0.1, 0.15) is 0 Å². The minimum absolute atomic E-state index is 0.107. The highest BCUT2D eigenvalue weighted by atomic mass is 19.1. The number of halogens is 1. The zero-order chi connectivity index (χ0) is 16.1. The van der Waals surface area contributed by atoms with Crippen molar-refractivity contribution in [3.63, 3.8) is 0 Å². The Morgan fingerprint density at radius 2 is 2.00 bits per heavy atom. The van der Waals surface area contributed by atoms with E-state index in [1.807, 2.05) is 16.7 Å². The summed E-state index contributed by atoms with van der Waals surface area (Å²) in [6.45, 7) is 0.446. The van der Waals surface area contributed by atoms with Crippen molar-refractivity contribution < 1.29 is 14.2 Å². The lowest BCUT2D eigenvalue weighted by molar-refractivity contribution is 0.0928. The van der Waals surface area contributed by atoms with Crippen LogP contribution in [-0.4, -0.2) is 32.4 Å². The lowest BCUT2D eigenvalue weighted by Crippen LogP contribution is -2.23. The maximum Gasteiger partial charge on any atom is 0.141 e. The molecule has 3 rings (SSSR count). The summed E-state index contributed by atoms with van der Waals surface area (Å²) in [6.07, 6.45) is 6.17. The normalized spacial score (nSPS) is 12.1. The van der Waals surface area contributed by atoms with Crippen molar-refractivity contribution in [2.75, 3.05) is 6.61 Å². The first-order valence-electron chi connectivity index (χ1n) is 7.20. The molecule has 0 aliphatic heterocycles. The summed E-state index contributed by atoms with van der Waals surface area (Å²) in [5.74, 6) is 0.930. The van der Waals surface area contributed by atoms with Gasteiger partial charge in [-0.2, -0.15) is 0 Å². The zero-order valence-corrected chi connectivity index (χ0v) is 12.3.